The van der Waals surface area contributed by atoms with Crippen LogP contribution in [0.2, 0.25) is 0 Å². The van der Waals surface area contributed by atoms with Gasteiger partial charge in [0, 0.05) is 18.7 Å². The summed E-state index contributed by atoms with van der Waals surface area (Å²) in [7, 11) is 0. The molecule has 4 nitrogen and oxygen atoms in total. The molecule has 0 fully saturated rings. The second-order valence-electron chi connectivity index (χ2n) is 3.82. The average molecular weight is 231 g/mol. The summed E-state index contributed by atoms with van der Waals surface area (Å²) in [4.78, 5) is 0. The first-order valence-corrected chi connectivity index (χ1v) is 5.94. The van der Waals surface area contributed by atoms with Gasteiger partial charge in [-0.2, -0.15) is 0 Å². The molecular weight excluding hydrogens is 214 g/mol. The van der Waals surface area contributed by atoms with Crippen LogP contribution in [0, 0.1) is 0 Å². The van der Waals surface area contributed by atoms with Crippen LogP contribution in [0.15, 0.2) is 36.7 Å². The summed E-state index contributed by atoms with van der Waals surface area (Å²) in [6.45, 7) is 3.60. The molecule has 17 heavy (non-hydrogen) atoms. The van der Waals surface area contributed by atoms with Crippen molar-refractivity contribution in [3.05, 3.63) is 42.5 Å². The Hall–Kier alpha value is -1.68. The molecule has 0 N–H and O–H groups in total. The number of ether oxygens (including phenoxy) is 1. The lowest BCUT2D eigenvalue weighted by Crippen LogP contribution is -2.06. The maximum absolute atomic E-state index is 5.47. The molecule has 4 heteroatoms. The molecule has 1 heterocycles. The quantitative estimate of drug-likeness (QED) is 0.716. The van der Waals surface area contributed by atoms with Gasteiger partial charge in [-0.1, -0.05) is 25.1 Å². The Morgan fingerprint density at radius 3 is 2.76 bits per heavy atom. The lowest BCUT2D eigenvalue weighted by molar-refractivity contribution is 0.136. The largest absolute Gasteiger partial charge is 0.381 e. The molecule has 2 aromatic rings. The SMILES string of the molecule is CCCOCCc1nncn1-c1ccccc1. The highest BCUT2D eigenvalue weighted by Gasteiger charge is 2.05. The Morgan fingerprint density at radius 2 is 2.00 bits per heavy atom. The number of rotatable bonds is 6. The van der Waals surface area contributed by atoms with Crippen LogP contribution in [0.3, 0.4) is 0 Å². The van der Waals surface area contributed by atoms with Gasteiger partial charge in [-0.15, -0.1) is 10.2 Å². The van der Waals surface area contributed by atoms with Crippen LogP contribution in [-0.2, 0) is 11.2 Å². The molecule has 0 radical (unpaired) electrons. The zero-order valence-corrected chi connectivity index (χ0v) is 10.0. The smallest absolute Gasteiger partial charge is 0.139 e. The Kier molecular flexibility index (Phi) is 4.27. The fraction of sp³-hybridized carbons (Fsp3) is 0.385. The molecule has 1 aromatic carbocycles. The monoisotopic (exact) mass is 231 g/mol. The fourth-order valence-corrected chi connectivity index (χ4v) is 1.64. The van der Waals surface area contributed by atoms with Crippen LogP contribution >= 0.6 is 0 Å². The van der Waals surface area contributed by atoms with Gasteiger partial charge in [0.15, 0.2) is 0 Å². The molecule has 1 aromatic heterocycles. The molecule has 0 bridgehead atoms. The van der Waals surface area contributed by atoms with Gasteiger partial charge in [0.2, 0.25) is 0 Å². The van der Waals surface area contributed by atoms with E-state index >= 15 is 0 Å². The van der Waals surface area contributed by atoms with Gasteiger partial charge < -0.3 is 4.74 Å². The average Bonchev–Trinajstić information content (AvgIpc) is 2.84. The number of hydrogen-bond donors (Lipinski definition) is 0. The molecule has 0 aliphatic heterocycles. The van der Waals surface area contributed by atoms with Gasteiger partial charge in [-0.3, -0.25) is 4.57 Å². The van der Waals surface area contributed by atoms with Crippen molar-refractivity contribution in [2.24, 2.45) is 0 Å². The number of aromatic nitrogens is 3. The molecule has 2 rings (SSSR count). The molecule has 0 atom stereocenters. The van der Waals surface area contributed by atoms with Crippen molar-refractivity contribution in [2.75, 3.05) is 13.2 Å². The molecule has 0 unspecified atom stereocenters. The number of para-hydroxylation sites is 1. The van der Waals surface area contributed by atoms with E-state index in [1.165, 1.54) is 0 Å². The molecular formula is C13H17N3O. The highest BCUT2D eigenvalue weighted by Crippen LogP contribution is 2.09. The zero-order valence-electron chi connectivity index (χ0n) is 10.0. The first-order chi connectivity index (χ1) is 8.42. The minimum atomic E-state index is 0.694. The molecule has 0 saturated carbocycles. The molecule has 90 valence electrons. The van der Waals surface area contributed by atoms with Crippen molar-refractivity contribution in [2.45, 2.75) is 19.8 Å². The second kappa shape index (κ2) is 6.15. The molecule has 0 aliphatic carbocycles. The lowest BCUT2D eigenvalue weighted by Gasteiger charge is -2.06. The maximum Gasteiger partial charge on any atom is 0.139 e. The molecule has 0 spiro atoms. The summed E-state index contributed by atoms with van der Waals surface area (Å²) in [6, 6.07) is 10.1. The minimum absolute atomic E-state index is 0.694. The van der Waals surface area contributed by atoms with Crippen molar-refractivity contribution >= 4 is 0 Å². The Labute approximate surface area is 101 Å². The minimum Gasteiger partial charge on any atom is -0.381 e. The first kappa shape index (κ1) is 11.8. The van der Waals surface area contributed by atoms with Crippen molar-refractivity contribution in [1.82, 2.24) is 14.8 Å². The van der Waals surface area contributed by atoms with Crippen molar-refractivity contribution < 1.29 is 4.74 Å². The summed E-state index contributed by atoms with van der Waals surface area (Å²) < 4.78 is 7.46. The lowest BCUT2D eigenvalue weighted by atomic mass is 10.3. The summed E-state index contributed by atoms with van der Waals surface area (Å²) >= 11 is 0. The normalized spacial score (nSPS) is 10.6. The highest BCUT2D eigenvalue weighted by atomic mass is 16.5. The molecule has 0 amide bonds. The van der Waals surface area contributed by atoms with Crippen molar-refractivity contribution in [3.8, 4) is 5.69 Å². The van der Waals surface area contributed by atoms with Crippen LogP contribution in [0.5, 0.6) is 0 Å². The van der Waals surface area contributed by atoms with Crippen LogP contribution < -0.4 is 0 Å². The first-order valence-electron chi connectivity index (χ1n) is 5.94. The van der Waals surface area contributed by atoms with Crippen LogP contribution in [-0.4, -0.2) is 28.0 Å². The molecule has 0 saturated heterocycles. The second-order valence-corrected chi connectivity index (χ2v) is 3.82. The Bertz CT molecular complexity index is 439. The van der Waals surface area contributed by atoms with Crippen LogP contribution in [0.25, 0.3) is 5.69 Å². The zero-order chi connectivity index (χ0) is 11.9. The van der Waals surface area contributed by atoms with E-state index < -0.39 is 0 Å². The van der Waals surface area contributed by atoms with Gasteiger partial charge in [0.1, 0.15) is 12.2 Å². The predicted molar refractivity (Wildman–Crippen MR) is 66.2 cm³/mol. The number of hydrogen-bond acceptors (Lipinski definition) is 3. The summed E-state index contributed by atoms with van der Waals surface area (Å²) in [6.07, 6.45) is 3.57. The maximum atomic E-state index is 5.47. The van der Waals surface area contributed by atoms with Gasteiger partial charge in [0.25, 0.3) is 0 Å². The van der Waals surface area contributed by atoms with E-state index in [9.17, 15) is 0 Å². The Morgan fingerprint density at radius 1 is 1.18 bits per heavy atom. The van der Waals surface area contributed by atoms with E-state index in [2.05, 4.69) is 17.1 Å². The van der Waals surface area contributed by atoms with E-state index in [0.29, 0.717) is 6.61 Å². The van der Waals surface area contributed by atoms with E-state index in [1.807, 2.05) is 34.9 Å². The number of nitrogens with zero attached hydrogens (tertiary/aromatic N) is 3. The van der Waals surface area contributed by atoms with E-state index in [4.69, 9.17) is 4.74 Å². The van der Waals surface area contributed by atoms with E-state index in [-0.39, 0.29) is 0 Å². The fourth-order valence-electron chi connectivity index (χ4n) is 1.64. The van der Waals surface area contributed by atoms with E-state index in [0.717, 1.165) is 31.0 Å². The Balaban J connectivity index is 2.02. The summed E-state index contributed by atoms with van der Waals surface area (Å²) in [5.74, 6) is 0.937. The topological polar surface area (TPSA) is 39.9 Å². The third kappa shape index (κ3) is 3.14. The van der Waals surface area contributed by atoms with Gasteiger partial charge in [0.05, 0.1) is 6.61 Å². The number of benzene rings is 1. The third-order valence-corrected chi connectivity index (χ3v) is 2.47. The van der Waals surface area contributed by atoms with Crippen LogP contribution in [0.1, 0.15) is 19.2 Å². The van der Waals surface area contributed by atoms with Crippen molar-refractivity contribution in [1.29, 1.82) is 0 Å². The third-order valence-electron chi connectivity index (χ3n) is 2.47. The van der Waals surface area contributed by atoms with Crippen molar-refractivity contribution in [3.63, 3.8) is 0 Å². The summed E-state index contributed by atoms with van der Waals surface area (Å²) in [5.41, 5.74) is 1.09. The predicted octanol–water partition coefficient (Wildman–Crippen LogP) is 2.24. The standard InChI is InChI=1S/C13H17N3O/c1-2-9-17-10-8-13-15-14-11-16(13)12-6-4-3-5-7-12/h3-7,11H,2,8-10H2,1H3. The van der Waals surface area contributed by atoms with Gasteiger partial charge >= 0.3 is 0 Å². The summed E-state index contributed by atoms with van der Waals surface area (Å²) in [5, 5.41) is 8.08. The molecule has 0 aliphatic rings. The van der Waals surface area contributed by atoms with E-state index in [1.54, 1.807) is 6.33 Å². The van der Waals surface area contributed by atoms with Gasteiger partial charge in [-0.05, 0) is 18.6 Å². The van der Waals surface area contributed by atoms with Gasteiger partial charge in [-0.25, -0.2) is 0 Å². The highest BCUT2D eigenvalue weighted by molar-refractivity contribution is 5.31. The van der Waals surface area contributed by atoms with Crippen LogP contribution in [0.4, 0.5) is 0 Å².